The monoisotopic (exact) mass is 337 g/mol. The molecule has 128 valence electrons. The van der Waals surface area contributed by atoms with E-state index >= 15 is 0 Å². The second-order valence-electron chi connectivity index (χ2n) is 5.13. The number of benzene rings is 1. The van der Waals surface area contributed by atoms with Crippen LogP contribution in [0.3, 0.4) is 0 Å². The summed E-state index contributed by atoms with van der Waals surface area (Å²) in [6.07, 6.45) is 0.471. The second kappa shape index (κ2) is 7.80. The van der Waals surface area contributed by atoms with Crippen molar-refractivity contribution in [3.63, 3.8) is 0 Å². The van der Waals surface area contributed by atoms with E-state index in [1.807, 2.05) is 0 Å². The number of nitrogens with one attached hydrogen (secondary N) is 1. The summed E-state index contributed by atoms with van der Waals surface area (Å²) in [4.78, 5) is 15.8. The van der Waals surface area contributed by atoms with E-state index in [1.165, 1.54) is 19.2 Å². The molecule has 1 aromatic heterocycles. The normalized spacial score (nSPS) is 13.2. The molecule has 24 heavy (non-hydrogen) atoms. The van der Waals surface area contributed by atoms with E-state index in [0.29, 0.717) is 5.56 Å². The maximum atomic E-state index is 13.2. The van der Waals surface area contributed by atoms with E-state index in [4.69, 9.17) is 10.5 Å². The minimum atomic E-state index is -1.06. The van der Waals surface area contributed by atoms with E-state index in [0.717, 1.165) is 12.1 Å². The molecule has 0 unspecified atom stereocenters. The zero-order chi connectivity index (χ0) is 17.7. The molecule has 0 fully saturated rings. The standard InChI is InChI=1S/C16H17F2N3O3/c1-9(22)14(19)15(23)21-8-10-3-2-6-20-16(10)24-11-4-5-12(17)13(18)7-11/h2-7,9,14,22H,8,19H2,1H3,(H,21,23)/t9-,14+/m1/s1. The first-order valence-corrected chi connectivity index (χ1v) is 7.16. The Hall–Kier alpha value is -2.58. The molecule has 0 spiro atoms. The highest BCUT2D eigenvalue weighted by Crippen LogP contribution is 2.24. The topological polar surface area (TPSA) is 97.5 Å². The Kier molecular flexibility index (Phi) is 5.78. The lowest BCUT2D eigenvalue weighted by atomic mass is 10.2. The van der Waals surface area contributed by atoms with Gasteiger partial charge in [0.2, 0.25) is 11.8 Å². The Labute approximate surface area is 137 Å². The molecule has 1 aromatic carbocycles. The number of pyridine rings is 1. The first-order chi connectivity index (χ1) is 11.4. The third kappa shape index (κ3) is 4.46. The molecule has 1 amide bonds. The quantitative estimate of drug-likeness (QED) is 0.742. The molecule has 8 heteroatoms. The van der Waals surface area contributed by atoms with Crippen LogP contribution in [-0.4, -0.2) is 28.1 Å². The van der Waals surface area contributed by atoms with Gasteiger partial charge in [-0.25, -0.2) is 13.8 Å². The van der Waals surface area contributed by atoms with Crippen LogP contribution in [0.25, 0.3) is 0 Å². The summed E-state index contributed by atoms with van der Waals surface area (Å²) in [5, 5.41) is 11.8. The van der Waals surface area contributed by atoms with Crippen LogP contribution in [-0.2, 0) is 11.3 Å². The summed E-state index contributed by atoms with van der Waals surface area (Å²) in [6.45, 7) is 1.46. The van der Waals surface area contributed by atoms with Crippen LogP contribution >= 0.6 is 0 Å². The first kappa shape index (κ1) is 17.8. The van der Waals surface area contributed by atoms with Crippen LogP contribution in [0.1, 0.15) is 12.5 Å². The SMILES string of the molecule is C[C@@H](O)[C@H](N)C(=O)NCc1cccnc1Oc1ccc(F)c(F)c1. The summed E-state index contributed by atoms with van der Waals surface area (Å²) < 4.78 is 31.6. The van der Waals surface area contributed by atoms with Crippen molar-refractivity contribution in [3.8, 4) is 11.6 Å². The lowest BCUT2D eigenvalue weighted by molar-refractivity contribution is -0.124. The smallest absolute Gasteiger partial charge is 0.239 e. The number of rotatable bonds is 6. The van der Waals surface area contributed by atoms with Crippen LogP contribution in [0.5, 0.6) is 11.6 Å². The Morgan fingerprint density at radius 2 is 2.12 bits per heavy atom. The highest BCUT2D eigenvalue weighted by molar-refractivity contribution is 5.82. The Morgan fingerprint density at radius 3 is 2.79 bits per heavy atom. The average Bonchev–Trinajstić information content (AvgIpc) is 2.56. The van der Waals surface area contributed by atoms with Gasteiger partial charge in [0, 0.05) is 24.4 Å². The van der Waals surface area contributed by atoms with Crippen molar-refractivity contribution in [1.29, 1.82) is 0 Å². The third-order valence-corrected chi connectivity index (χ3v) is 3.23. The highest BCUT2D eigenvalue weighted by atomic mass is 19.2. The van der Waals surface area contributed by atoms with Crippen LogP contribution in [0.4, 0.5) is 8.78 Å². The molecule has 0 aliphatic carbocycles. The summed E-state index contributed by atoms with van der Waals surface area (Å²) in [5.74, 6) is -2.35. The van der Waals surface area contributed by atoms with Gasteiger partial charge >= 0.3 is 0 Å². The number of carbonyl (C=O) groups is 1. The van der Waals surface area contributed by atoms with E-state index < -0.39 is 29.7 Å². The van der Waals surface area contributed by atoms with Crippen LogP contribution in [0, 0.1) is 11.6 Å². The van der Waals surface area contributed by atoms with E-state index in [1.54, 1.807) is 12.1 Å². The molecule has 2 rings (SSSR count). The number of hydrogen-bond acceptors (Lipinski definition) is 5. The zero-order valence-electron chi connectivity index (χ0n) is 12.9. The molecule has 0 aliphatic heterocycles. The molecule has 2 aromatic rings. The summed E-state index contributed by atoms with van der Waals surface area (Å²) in [6, 6.07) is 5.33. The van der Waals surface area contributed by atoms with Gasteiger partial charge in [-0.15, -0.1) is 0 Å². The maximum absolute atomic E-state index is 13.2. The molecule has 0 aliphatic rings. The Balaban J connectivity index is 2.10. The van der Waals surface area contributed by atoms with E-state index in [2.05, 4.69) is 10.3 Å². The van der Waals surface area contributed by atoms with Gasteiger partial charge in [-0.05, 0) is 25.1 Å². The summed E-state index contributed by atoms with van der Waals surface area (Å²) in [5.41, 5.74) is 6.04. The molecule has 0 bridgehead atoms. The fourth-order valence-corrected chi connectivity index (χ4v) is 1.82. The predicted molar refractivity (Wildman–Crippen MR) is 82.2 cm³/mol. The zero-order valence-corrected chi connectivity index (χ0v) is 12.9. The van der Waals surface area contributed by atoms with Gasteiger partial charge in [-0.2, -0.15) is 0 Å². The minimum absolute atomic E-state index is 0.0477. The molecule has 4 N–H and O–H groups in total. The average molecular weight is 337 g/mol. The van der Waals surface area contributed by atoms with Crippen molar-refractivity contribution in [2.24, 2.45) is 5.73 Å². The summed E-state index contributed by atoms with van der Waals surface area (Å²) in [7, 11) is 0. The van der Waals surface area contributed by atoms with Crippen molar-refractivity contribution in [2.45, 2.75) is 25.6 Å². The second-order valence-corrected chi connectivity index (χ2v) is 5.13. The number of aliphatic hydroxyl groups excluding tert-OH is 1. The first-order valence-electron chi connectivity index (χ1n) is 7.16. The van der Waals surface area contributed by atoms with Gasteiger partial charge in [0.05, 0.1) is 6.10 Å². The summed E-state index contributed by atoms with van der Waals surface area (Å²) >= 11 is 0. The van der Waals surface area contributed by atoms with Gasteiger partial charge in [0.1, 0.15) is 11.8 Å². The van der Waals surface area contributed by atoms with Crippen molar-refractivity contribution < 1.29 is 23.4 Å². The fraction of sp³-hybridized carbons (Fsp3) is 0.250. The van der Waals surface area contributed by atoms with Gasteiger partial charge in [-0.3, -0.25) is 4.79 Å². The maximum Gasteiger partial charge on any atom is 0.239 e. The van der Waals surface area contributed by atoms with E-state index in [-0.39, 0.29) is 18.2 Å². The molecular formula is C16H17F2N3O3. The van der Waals surface area contributed by atoms with E-state index in [9.17, 15) is 18.7 Å². The number of aromatic nitrogens is 1. The fourth-order valence-electron chi connectivity index (χ4n) is 1.82. The molecule has 2 atom stereocenters. The molecule has 0 radical (unpaired) electrons. The van der Waals surface area contributed by atoms with Crippen molar-refractivity contribution in [2.75, 3.05) is 0 Å². The van der Waals surface area contributed by atoms with Gasteiger partial charge < -0.3 is 20.9 Å². The Morgan fingerprint density at radius 1 is 1.38 bits per heavy atom. The molecule has 1 heterocycles. The van der Waals surface area contributed by atoms with Crippen molar-refractivity contribution in [3.05, 3.63) is 53.7 Å². The molecular weight excluding hydrogens is 320 g/mol. The van der Waals surface area contributed by atoms with Gasteiger partial charge in [0.25, 0.3) is 0 Å². The number of carbonyl (C=O) groups excluding carboxylic acids is 1. The van der Waals surface area contributed by atoms with Crippen LogP contribution < -0.4 is 15.8 Å². The minimum Gasteiger partial charge on any atom is -0.439 e. The van der Waals surface area contributed by atoms with Crippen LogP contribution in [0.2, 0.25) is 0 Å². The number of amides is 1. The van der Waals surface area contributed by atoms with Gasteiger partial charge in [-0.1, -0.05) is 6.07 Å². The molecule has 6 nitrogen and oxygen atoms in total. The molecule has 0 saturated carbocycles. The lowest BCUT2D eigenvalue weighted by Crippen LogP contribution is -2.46. The number of hydrogen-bond donors (Lipinski definition) is 3. The number of ether oxygens (including phenoxy) is 1. The Bertz CT molecular complexity index is 725. The van der Waals surface area contributed by atoms with Crippen molar-refractivity contribution in [1.82, 2.24) is 10.3 Å². The number of halogens is 2. The largest absolute Gasteiger partial charge is 0.439 e. The lowest BCUT2D eigenvalue weighted by Gasteiger charge is -2.15. The predicted octanol–water partition coefficient (Wildman–Crippen LogP) is 1.48. The number of nitrogens with two attached hydrogens (primary N) is 1. The third-order valence-electron chi connectivity index (χ3n) is 3.23. The van der Waals surface area contributed by atoms with Gasteiger partial charge in [0.15, 0.2) is 11.6 Å². The number of aliphatic hydroxyl groups is 1. The highest BCUT2D eigenvalue weighted by Gasteiger charge is 2.19. The number of nitrogens with zero attached hydrogens (tertiary/aromatic N) is 1. The van der Waals surface area contributed by atoms with Crippen molar-refractivity contribution >= 4 is 5.91 Å². The van der Waals surface area contributed by atoms with Crippen LogP contribution in [0.15, 0.2) is 36.5 Å². The molecule has 0 saturated heterocycles.